The summed E-state index contributed by atoms with van der Waals surface area (Å²) < 4.78 is 28.8. The minimum atomic E-state index is -3.44. The van der Waals surface area contributed by atoms with E-state index in [1.54, 1.807) is 4.31 Å². The molecule has 0 unspecified atom stereocenters. The molecule has 3 aromatic rings. The van der Waals surface area contributed by atoms with Crippen LogP contribution in [0.3, 0.4) is 0 Å². The van der Waals surface area contributed by atoms with Crippen molar-refractivity contribution in [3.8, 4) is 0 Å². The molecule has 0 radical (unpaired) electrons. The molecule has 1 saturated heterocycles. The van der Waals surface area contributed by atoms with Gasteiger partial charge in [0, 0.05) is 19.0 Å². The normalized spacial score (nSPS) is 17.4. The molecular formula is C15H18N6O2S2. The topological polar surface area (TPSA) is 93.4 Å². The second-order valence-corrected chi connectivity index (χ2v) is 9.60. The molecule has 4 heterocycles. The molecule has 0 spiro atoms. The van der Waals surface area contributed by atoms with Crippen LogP contribution in [0.15, 0.2) is 22.8 Å². The first kappa shape index (κ1) is 16.6. The summed E-state index contributed by atoms with van der Waals surface area (Å²) in [6.07, 6.45) is 4.42. The van der Waals surface area contributed by atoms with E-state index >= 15 is 0 Å². The van der Waals surface area contributed by atoms with Crippen LogP contribution in [0, 0.1) is 13.8 Å². The molecule has 0 amide bonds. The van der Waals surface area contributed by atoms with Gasteiger partial charge in [-0.1, -0.05) is 0 Å². The SMILES string of the molecule is Cc1ncc(S(=O)(=O)N2CCC(c3nn4ncnc4cc3C)CC2)s1. The Morgan fingerprint density at radius 1 is 1.20 bits per heavy atom. The highest BCUT2D eigenvalue weighted by Crippen LogP contribution is 2.32. The summed E-state index contributed by atoms with van der Waals surface area (Å²) in [5, 5.41) is 9.43. The average molecular weight is 378 g/mol. The minimum absolute atomic E-state index is 0.225. The number of aromatic nitrogens is 5. The highest BCUT2D eigenvalue weighted by Gasteiger charge is 2.32. The lowest BCUT2D eigenvalue weighted by molar-refractivity contribution is 0.315. The maximum Gasteiger partial charge on any atom is 0.254 e. The third kappa shape index (κ3) is 2.94. The Kier molecular flexibility index (Phi) is 4.05. The Morgan fingerprint density at radius 3 is 2.64 bits per heavy atom. The zero-order valence-corrected chi connectivity index (χ0v) is 15.6. The zero-order chi connectivity index (χ0) is 17.6. The molecule has 0 N–H and O–H groups in total. The van der Waals surface area contributed by atoms with Crippen molar-refractivity contribution in [1.29, 1.82) is 0 Å². The molecule has 0 saturated carbocycles. The van der Waals surface area contributed by atoms with E-state index in [0.29, 0.717) is 17.3 Å². The molecular weight excluding hydrogens is 360 g/mol. The van der Waals surface area contributed by atoms with Crippen molar-refractivity contribution in [2.45, 2.75) is 36.8 Å². The molecule has 1 aliphatic rings. The molecule has 4 rings (SSSR count). The maximum atomic E-state index is 12.7. The summed E-state index contributed by atoms with van der Waals surface area (Å²) in [6, 6.07) is 1.97. The van der Waals surface area contributed by atoms with Crippen molar-refractivity contribution in [1.82, 2.24) is 29.1 Å². The lowest BCUT2D eigenvalue weighted by Gasteiger charge is -2.30. The van der Waals surface area contributed by atoms with Gasteiger partial charge >= 0.3 is 0 Å². The maximum absolute atomic E-state index is 12.7. The average Bonchev–Trinajstić information content (AvgIpc) is 3.23. The second-order valence-electron chi connectivity index (χ2n) is 6.20. The molecule has 8 nitrogen and oxygen atoms in total. The lowest BCUT2D eigenvalue weighted by atomic mass is 9.92. The van der Waals surface area contributed by atoms with Gasteiger partial charge in [0.25, 0.3) is 10.0 Å². The van der Waals surface area contributed by atoms with E-state index in [0.717, 1.165) is 34.8 Å². The molecule has 10 heteroatoms. The number of sulfonamides is 1. The Balaban J connectivity index is 1.53. The van der Waals surface area contributed by atoms with Crippen LogP contribution in [0.25, 0.3) is 5.65 Å². The molecule has 132 valence electrons. The fourth-order valence-corrected chi connectivity index (χ4v) is 5.96. The molecule has 0 atom stereocenters. The summed E-state index contributed by atoms with van der Waals surface area (Å²) in [4.78, 5) is 8.21. The van der Waals surface area contributed by atoms with Gasteiger partial charge in [0.1, 0.15) is 6.33 Å². The Hall–Kier alpha value is -1.91. The molecule has 25 heavy (non-hydrogen) atoms. The van der Waals surface area contributed by atoms with Crippen LogP contribution in [0.5, 0.6) is 0 Å². The fraction of sp³-hybridized carbons (Fsp3) is 0.467. The molecule has 3 aromatic heterocycles. The molecule has 0 aromatic carbocycles. The summed E-state index contributed by atoms with van der Waals surface area (Å²) in [6.45, 7) is 4.80. The van der Waals surface area contributed by atoms with Crippen LogP contribution < -0.4 is 0 Å². The summed E-state index contributed by atoms with van der Waals surface area (Å²) >= 11 is 1.22. The molecule has 0 aliphatic carbocycles. The van der Waals surface area contributed by atoms with E-state index in [2.05, 4.69) is 20.2 Å². The third-order valence-electron chi connectivity index (χ3n) is 4.54. The van der Waals surface area contributed by atoms with Gasteiger partial charge in [-0.3, -0.25) is 0 Å². The van der Waals surface area contributed by atoms with Gasteiger partial charge in [-0.25, -0.2) is 18.4 Å². The van der Waals surface area contributed by atoms with Crippen LogP contribution in [0.4, 0.5) is 0 Å². The van der Waals surface area contributed by atoms with E-state index in [9.17, 15) is 8.42 Å². The Morgan fingerprint density at radius 2 is 1.96 bits per heavy atom. The number of hydrogen-bond donors (Lipinski definition) is 0. The largest absolute Gasteiger partial charge is 0.254 e. The van der Waals surface area contributed by atoms with Gasteiger partial charge in [0.05, 0.1) is 16.9 Å². The summed E-state index contributed by atoms with van der Waals surface area (Å²) in [7, 11) is -3.44. The summed E-state index contributed by atoms with van der Waals surface area (Å²) in [5.74, 6) is 0.225. The van der Waals surface area contributed by atoms with E-state index in [1.165, 1.54) is 28.5 Å². The van der Waals surface area contributed by atoms with Gasteiger partial charge < -0.3 is 0 Å². The van der Waals surface area contributed by atoms with E-state index < -0.39 is 10.0 Å². The van der Waals surface area contributed by atoms with Gasteiger partial charge in [-0.15, -0.1) is 21.1 Å². The number of piperidine rings is 1. The van der Waals surface area contributed by atoms with E-state index in [-0.39, 0.29) is 5.92 Å². The number of thiazole rings is 1. The monoisotopic (exact) mass is 378 g/mol. The second kappa shape index (κ2) is 6.11. The van der Waals surface area contributed by atoms with Crippen LogP contribution >= 0.6 is 11.3 Å². The van der Waals surface area contributed by atoms with Gasteiger partial charge in [0.2, 0.25) is 0 Å². The summed E-state index contributed by atoms with van der Waals surface area (Å²) in [5.41, 5.74) is 2.77. The zero-order valence-electron chi connectivity index (χ0n) is 14.0. The van der Waals surface area contributed by atoms with Gasteiger partial charge in [-0.05, 0) is 38.3 Å². The molecule has 1 fully saturated rings. The molecule has 0 bridgehead atoms. The number of rotatable bonds is 3. The van der Waals surface area contributed by atoms with Crippen molar-refractivity contribution in [2.24, 2.45) is 0 Å². The first-order valence-corrected chi connectivity index (χ1v) is 10.3. The van der Waals surface area contributed by atoms with Crippen LogP contribution in [-0.2, 0) is 10.0 Å². The number of fused-ring (bicyclic) bond motifs is 1. The number of hydrogen-bond acceptors (Lipinski definition) is 7. The van der Waals surface area contributed by atoms with Crippen molar-refractivity contribution in [2.75, 3.05) is 13.1 Å². The predicted octanol–water partition coefficient (Wildman–Crippen LogP) is 1.77. The highest BCUT2D eigenvalue weighted by atomic mass is 32.2. The van der Waals surface area contributed by atoms with Crippen molar-refractivity contribution in [3.63, 3.8) is 0 Å². The highest BCUT2D eigenvalue weighted by molar-refractivity contribution is 7.91. The first-order chi connectivity index (χ1) is 11.9. The standard InChI is InChI=1S/C15H18N6O2S2/c1-10-7-13-17-9-18-21(13)19-15(10)12-3-5-20(6-4-12)25(22,23)14-8-16-11(2)24-14/h7-9,12H,3-6H2,1-2H3. The Labute approximate surface area is 149 Å². The Bertz CT molecular complexity index is 1020. The van der Waals surface area contributed by atoms with E-state index in [1.807, 2.05) is 19.9 Å². The van der Waals surface area contributed by atoms with Crippen LogP contribution in [0.2, 0.25) is 0 Å². The minimum Gasteiger partial charge on any atom is -0.249 e. The fourth-order valence-electron chi connectivity index (χ4n) is 3.23. The van der Waals surface area contributed by atoms with Crippen molar-refractivity contribution < 1.29 is 8.42 Å². The predicted molar refractivity (Wildman–Crippen MR) is 93.1 cm³/mol. The third-order valence-corrected chi connectivity index (χ3v) is 7.79. The lowest BCUT2D eigenvalue weighted by Crippen LogP contribution is -2.38. The van der Waals surface area contributed by atoms with Crippen molar-refractivity contribution >= 4 is 27.0 Å². The molecule has 1 aliphatic heterocycles. The van der Waals surface area contributed by atoms with E-state index in [4.69, 9.17) is 0 Å². The van der Waals surface area contributed by atoms with Gasteiger partial charge in [0.15, 0.2) is 9.86 Å². The smallest absolute Gasteiger partial charge is 0.249 e. The van der Waals surface area contributed by atoms with Crippen LogP contribution in [-0.4, -0.2) is 50.6 Å². The van der Waals surface area contributed by atoms with Crippen LogP contribution in [0.1, 0.15) is 35.0 Å². The van der Waals surface area contributed by atoms with Crippen molar-refractivity contribution in [3.05, 3.63) is 34.9 Å². The quantitative estimate of drug-likeness (QED) is 0.689. The number of nitrogens with zero attached hydrogens (tertiary/aromatic N) is 6. The first-order valence-electron chi connectivity index (χ1n) is 8.05. The number of aryl methyl sites for hydroxylation is 2. The van der Waals surface area contributed by atoms with Gasteiger partial charge in [-0.2, -0.15) is 9.40 Å².